The minimum absolute atomic E-state index is 0.0557. The third-order valence-corrected chi connectivity index (χ3v) is 3.55. The number of rotatable bonds is 5. The van der Waals surface area contributed by atoms with Crippen LogP contribution in [0.4, 0.5) is 0 Å². The van der Waals surface area contributed by atoms with Crippen LogP contribution in [0.1, 0.15) is 34.1 Å². The first-order chi connectivity index (χ1) is 9.89. The monoisotopic (exact) mass is 290 g/mol. The van der Waals surface area contributed by atoms with Gasteiger partial charge in [0.1, 0.15) is 11.9 Å². The van der Waals surface area contributed by atoms with Gasteiger partial charge in [-0.1, -0.05) is 25.1 Å². The summed E-state index contributed by atoms with van der Waals surface area (Å²) in [4.78, 5) is 14.5. The molecule has 1 amide bonds. The van der Waals surface area contributed by atoms with Crippen molar-refractivity contribution in [3.63, 3.8) is 0 Å². The van der Waals surface area contributed by atoms with Crippen LogP contribution in [0.2, 0.25) is 0 Å². The van der Waals surface area contributed by atoms with Crippen LogP contribution in [0.15, 0.2) is 30.3 Å². The third kappa shape index (κ3) is 4.46. The van der Waals surface area contributed by atoms with E-state index in [2.05, 4.69) is 17.1 Å². The summed E-state index contributed by atoms with van der Waals surface area (Å²) >= 11 is 0. The highest BCUT2D eigenvalue weighted by molar-refractivity contribution is 5.82. The zero-order chi connectivity index (χ0) is 15.5. The fourth-order valence-electron chi connectivity index (χ4n) is 2.55. The van der Waals surface area contributed by atoms with Gasteiger partial charge in [0.25, 0.3) is 0 Å². The molecule has 0 aromatic heterocycles. The number of hydrogen-bond acceptors (Lipinski definition) is 3. The van der Waals surface area contributed by atoms with E-state index in [1.54, 1.807) is 0 Å². The van der Waals surface area contributed by atoms with Gasteiger partial charge in [-0.2, -0.15) is 0 Å². The number of nitrogens with one attached hydrogen (secondary N) is 1. The Labute approximate surface area is 127 Å². The van der Waals surface area contributed by atoms with Crippen LogP contribution < -0.4 is 10.1 Å². The zero-order valence-corrected chi connectivity index (χ0v) is 13.4. The number of carbonyl (C=O) groups excluding carboxylic acids is 1. The number of benzene rings is 1. The first-order valence-corrected chi connectivity index (χ1v) is 7.67. The van der Waals surface area contributed by atoms with Gasteiger partial charge in [-0.05, 0) is 39.3 Å². The lowest BCUT2D eigenvalue weighted by Crippen LogP contribution is -2.62. The Morgan fingerprint density at radius 3 is 2.48 bits per heavy atom. The van der Waals surface area contributed by atoms with Crippen molar-refractivity contribution in [3.8, 4) is 5.75 Å². The smallest absolute Gasteiger partial charge is 0.237 e. The summed E-state index contributed by atoms with van der Waals surface area (Å²) in [5, 5.41) is 3.06. The Hall–Kier alpha value is -1.55. The summed E-state index contributed by atoms with van der Waals surface area (Å²) in [7, 11) is 0. The maximum Gasteiger partial charge on any atom is 0.237 e. The highest BCUT2D eigenvalue weighted by Crippen LogP contribution is 2.21. The van der Waals surface area contributed by atoms with Gasteiger partial charge in [0, 0.05) is 18.6 Å². The number of nitrogens with zero attached hydrogens (tertiary/aromatic N) is 1. The second kappa shape index (κ2) is 6.48. The molecular formula is C17H26N2O2. The average Bonchev–Trinajstić information content (AvgIpc) is 2.35. The molecule has 0 aliphatic carbocycles. The van der Waals surface area contributed by atoms with Gasteiger partial charge >= 0.3 is 0 Å². The van der Waals surface area contributed by atoms with Crippen molar-refractivity contribution in [1.82, 2.24) is 10.2 Å². The molecule has 1 atom stereocenters. The summed E-state index contributed by atoms with van der Waals surface area (Å²) in [6, 6.07) is 9.79. The zero-order valence-electron chi connectivity index (χ0n) is 13.4. The largest absolute Gasteiger partial charge is 0.488 e. The Bertz CT molecular complexity index is 461. The average molecular weight is 290 g/mol. The molecule has 1 heterocycles. The molecular weight excluding hydrogens is 264 g/mol. The van der Waals surface area contributed by atoms with Crippen molar-refractivity contribution in [3.05, 3.63) is 30.3 Å². The van der Waals surface area contributed by atoms with Crippen molar-refractivity contribution in [2.45, 2.75) is 51.8 Å². The minimum Gasteiger partial charge on any atom is -0.488 e. The van der Waals surface area contributed by atoms with E-state index in [-0.39, 0.29) is 23.6 Å². The molecule has 0 radical (unpaired) electrons. The highest BCUT2D eigenvalue weighted by Gasteiger charge is 2.37. The number of hydrogen-bond donors (Lipinski definition) is 1. The lowest BCUT2D eigenvalue weighted by molar-refractivity contribution is -0.132. The molecule has 1 saturated heterocycles. The first-order valence-electron chi connectivity index (χ1n) is 7.67. The van der Waals surface area contributed by atoms with Crippen molar-refractivity contribution in [2.24, 2.45) is 0 Å². The van der Waals surface area contributed by atoms with Gasteiger partial charge in [0.05, 0.1) is 6.04 Å². The van der Waals surface area contributed by atoms with Crippen molar-refractivity contribution < 1.29 is 9.53 Å². The summed E-state index contributed by atoms with van der Waals surface area (Å²) in [6.07, 6.45) is 1.00. The molecule has 1 aliphatic rings. The van der Waals surface area contributed by atoms with E-state index in [0.717, 1.165) is 25.3 Å². The van der Waals surface area contributed by atoms with Gasteiger partial charge in [-0.3, -0.25) is 9.69 Å². The van der Waals surface area contributed by atoms with Gasteiger partial charge in [0.15, 0.2) is 0 Å². The molecule has 0 spiro atoms. The van der Waals surface area contributed by atoms with Crippen LogP contribution in [-0.4, -0.2) is 41.6 Å². The standard InChI is InChI=1S/C17H26N2O2/c1-5-15(16(20)18-17(2,3)4)19-11-14(12-19)21-13-9-7-6-8-10-13/h6-10,14-15H,5,11-12H2,1-4H3,(H,18,20). The van der Waals surface area contributed by atoms with Gasteiger partial charge in [0.2, 0.25) is 5.91 Å². The number of carbonyl (C=O) groups is 1. The molecule has 4 heteroatoms. The quantitative estimate of drug-likeness (QED) is 0.905. The summed E-state index contributed by atoms with van der Waals surface area (Å²) in [5.74, 6) is 1.01. The van der Waals surface area contributed by atoms with Crippen LogP contribution in [-0.2, 0) is 4.79 Å². The summed E-state index contributed by atoms with van der Waals surface area (Å²) in [5.41, 5.74) is -0.185. The molecule has 0 bridgehead atoms. The van der Waals surface area contributed by atoms with E-state index in [0.29, 0.717) is 0 Å². The van der Waals surface area contributed by atoms with E-state index in [4.69, 9.17) is 4.74 Å². The van der Waals surface area contributed by atoms with Crippen molar-refractivity contribution >= 4 is 5.91 Å². The molecule has 116 valence electrons. The maximum atomic E-state index is 12.3. The van der Waals surface area contributed by atoms with E-state index >= 15 is 0 Å². The predicted molar refractivity (Wildman–Crippen MR) is 84.4 cm³/mol. The molecule has 21 heavy (non-hydrogen) atoms. The van der Waals surface area contributed by atoms with Crippen LogP contribution in [0.3, 0.4) is 0 Å². The van der Waals surface area contributed by atoms with Crippen molar-refractivity contribution in [1.29, 1.82) is 0 Å². The van der Waals surface area contributed by atoms with Crippen LogP contribution in [0.25, 0.3) is 0 Å². The second-order valence-electron chi connectivity index (χ2n) is 6.67. The van der Waals surface area contributed by atoms with E-state index in [1.165, 1.54) is 0 Å². The normalized spacial score (nSPS) is 17.9. The number of para-hydroxylation sites is 1. The van der Waals surface area contributed by atoms with E-state index in [9.17, 15) is 4.79 Å². The number of likely N-dealkylation sites (tertiary alicyclic amines) is 1. The van der Waals surface area contributed by atoms with Crippen molar-refractivity contribution in [2.75, 3.05) is 13.1 Å². The lowest BCUT2D eigenvalue weighted by Gasteiger charge is -2.43. The highest BCUT2D eigenvalue weighted by atomic mass is 16.5. The Morgan fingerprint density at radius 2 is 1.95 bits per heavy atom. The number of ether oxygens (including phenoxy) is 1. The topological polar surface area (TPSA) is 41.6 Å². The molecule has 2 rings (SSSR count). The van der Waals surface area contributed by atoms with Gasteiger partial charge < -0.3 is 10.1 Å². The first kappa shape index (κ1) is 15.8. The Kier molecular flexibility index (Phi) is 4.88. The molecule has 1 aromatic carbocycles. The maximum absolute atomic E-state index is 12.3. The SMILES string of the molecule is CCC(C(=O)NC(C)(C)C)N1CC(Oc2ccccc2)C1. The molecule has 0 saturated carbocycles. The Morgan fingerprint density at radius 1 is 1.33 bits per heavy atom. The van der Waals surface area contributed by atoms with Gasteiger partial charge in [-0.25, -0.2) is 0 Å². The predicted octanol–water partition coefficient (Wildman–Crippen LogP) is 2.44. The molecule has 1 N–H and O–H groups in total. The summed E-state index contributed by atoms with van der Waals surface area (Å²) in [6.45, 7) is 9.70. The number of amides is 1. The third-order valence-electron chi connectivity index (χ3n) is 3.55. The molecule has 1 aromatic rings. The molecule has 1 aliphatic heterocycles. The molecule has 4 nitrogen and oxygen atoms in total. The van der Waals surface area contributed by atoms with Crippen LogP contribution >= 0.6 is 0 Å². The van der Waals surface area contributed by atoms with Gasteiger partial charge in [-0.15, -0.1) is 0 Å². The Balaban J connectivity index is 1.83. The molecule has 1 fully saturated rings. The minimum atomic E-state index is -0.185. The van der Waals surface area contributed by atoms with Crippen LogP contribution in [0, 0.1) is 0 Å². The second-order valence-corrected chi connectivity index (χ2v) is 6.67. The fraction of sp³-hybridized carbons (Fsp3) is 0.588. The summed E-state index contributed by atoms with van der Waals surface area (Å²) < 4.78 is 5.88. The molecule has 1 unspecified atom stereocenters. The fourth-order valence-corrected chi connectivity index (χ4v) is 2.55. The van der Waals surface area contributed by atoms with E-state index < -0.39 is 0 Å². The van der Waals surface area contributed by atoms with Crippen LogP contribution in [0.5, 0.6) is 5.75 Å². The van der Waals surface area contributed by atoms with E-state index in [1.807, 2.05) is 51.1 Å². The lowest BCUT2D eigenvalue weighted by atomic mass is 10.0.